The number of alkyl carbamates (subject to hydrolysis) is 1. The number of rotatable bonds is 9. The molecule has 1 atom stereocenters. The maximum atomic E-state index is 13.1. The number of carbonyl (C=O) groups excluding carboxylic acids is 3. The number of phenolic OH excluding ortho intramolecular Hbond substituents is 1. The summed E-state index contributed by atoms with van der Waals surface area (Å²) < 4.78 is 5.31. The third kappa shape index (κ3) is 9.13. The van der Waals surface area contributed by atoms with Crippen molar-refractivity contribution in [2.24, 2.45) is 0 Å². The molecule has 0 radical (unpaired) electrons. The highest BCUT2D eigenvalue weighted by atomic mass is 16.6. The van der Waals surface area contributed by atoms with Crippen molar-refractivity contribution in [2.45, 2.75) is 64.6 Å². The first-order chi connectivity index (χ1) is 15.9. The Kier molecular flexibility index (Phi) is 9.06. The average Bonchev–Trinajstić information content (AvgIpc) is 2.73. The highest BCUT2D eigenvalue weighted by Crippen LogP contribution is 2.12. The number of hydrogen-bond donors (Lipinski definition) is 4. The van der Waals surface area contributed by atoms with Crippen molar-refractivity contribution in [1.82, 2.24) is 16.0 Å². The van der Waals surface area contributed by atoms with E-state index in [1.54, 1.807) is 58.9 Å². The molecule has 0 saturated heterocycles. The van der Waals surface area contributed by atoms with Crippen LogP contribution in [0.15, 0.2) is 54.6 Å². The average molecular weight is 470 g/mol. The normalized spacial score (nSPS) is 12.4. The molecule has 3 amide bonds. The van der Waals surface area contributed by atoms with Crippen molar-refractivity contribution < 1.29 is 24.2 Å². The second-order valence-electron chi connectivity index (χ2n) is 9.68. The lowest BCUT2D eigenvalue weighted by molar-refractivity contribution is -0.133. The molecule has 0 heterocycles. The minimum absolute atomic E-state index is 0.182. The topological polar surface area (TPSA) is 117 Å². The van der Waals surface area contributed by atoms with E-state index in [9.17, 15) is 19.5 Å². The molecule has 2 aromatic carbocycles. The minimum Gasteiger partial charge on any atom is -0.508 e. The van der Waals surface area contributed by atoms with Gasteiger partial charge in [-0.25, -0.2) is 4.79 Å². The third-order valence-corrected chi connectivity index (χ3v) is 4.93. The van der Waals surface area contributed by atoms with Gasteiger partial charge < -0.3 is 25.8 Å². The maximum absolute atomic E-state index is 13.1. The van der Waals surface area contributed by atoms with Gasteiger partial charge in [0, 0.05) is 13.0 Å². The lowest BCUT2D eigenvalue weighted by Gasteiger charge is -2.29. The van der Waals surface area contributed by atoms with Crippen LogP contribution < -0.4 is 16.0 Å². The van der Waals surface area contributed by atoms with Crippen molar-refractivity contribution in [3.05, 3.63) is 65.7 Å². The molecular weight excluding hydrogens is 434 g/mol. The molecule has 2 aromatic rings. The summed E-state index contributed by atoms with van der Waals surface area (Å²) in [5.41, 5.74) is -0.107. The number of phenols is 1. The largest absolute Gasteiger partial charge is 0.508 e. The van der Waals surface area contributed by atoms with Crippen LogP contribution >= 0.6 is 0 Å². The van der Waals surface area contributed by atoms with Crippen LogP contribution in [0.4, 0.5) is 4.79 Å². The summed E-state index contributed by atoms with van der Waals surface area (Å²) >= 11 is 0. The maximum Gasteiger partial charge on any atom is 0.408 e. The van der Waals surface area contributed by atoms with Gasteiger partial charge >= 0.3 is 6.09 Å². The zero-order chi connectivity index (χ0) is 25.4. The number of aromatic hydroxyl groups is 1. The molecule has 0 fully saturated rings. The number of benzene rings is 2. The highest BCUT2D eigenvalue weighted by Gasteiger charge is 2.33. The first-order valence-corrected chi connectivity index (χ1v) is 11.3. The van der Waals surface area contributed by atoms with Gasteiger partial charge in [0.15, 0.2) is 0 Å². The molecule has 0 spiro atoms. The number of carbonyl (C=O) groups is 3. The highest BCUT2D eigenvalue weighted by molar-refractivity contribution is 5.93. The predicted molar refractivity (Wildman–Crippen MR) is 130 cm³/mol. The summed E-state index contributed by atoms with van der Waals surface area (Å²) in [5.74, 6) is -0.662. The van der Waals surface area contributed by atoms with Gasteiger partial charge in [0.2, 0.25) is 11.8 Å². The van der Waals surface area contributed by atoms with E-state index in [1.165, 1.54) is 0 Å². The van der Waals surface area contributed by atoms with Crippen LogP contribution in [0.3, 0.4) is 0 Å². The van der Waals surface area contributed by atoms with Crippen LogP contribution in [0.2, 0.25) is 0 Å². The van der Waals surface area contributed by atoms with Crippen molar-refractivity contribution in [1.29, 1.82) is 0 Å². The molecular formula is C26H35N3O5. The lowest BCUT2D eigenvalue weighted by atomic mass is 10.0. The molecule has 4 N–H and O–H groups in total. The Balaban J connectivity index is 2.01. The lowest BCUT2D eigenvalue weighted by Crippen LogP contribution is -2.60. The van der Waals surface area contributed by atoms with Gasteiger partial charge in [-0.15, -0.1) is 0 Å². The molecule has 0 bridgehead atoms. The standard InChI is InChI=1S/C26H35N3O5/c1-25(2,3)34-24(33)28-21(17-19-9-7-6-8-10-19)22(31)29-26(4,5)23(32)27-16-15-18-11-13-20(30)14-12-18/h6-14,21,30H,15-17H2,1-5H3,(H,27,32)(H,28,33)(H,29,31)/t21-/m1/s1. The van der Waals surface area contributed by atoms with Crippen LogP contribution in [0, 0.1) is 0 Å². The smallest absolute Gasteiger partial charge is 0.408 e. The van der Waals surface area contributed by atoms with Gasteiger partial charge in [0.25, 0.3) is 0 Å². The number of nitrogens with one attached hydrogen (secondary N) is 3. The van der Waals surface area contributed by atoms with Gasteiger partial charge in [-0.05, 0) is 64.3 Å². The molecule has 0 saturated carbocycles. The van der Waals surface area contributed by atoms with Crippen LogP contribution in [-0.2, 0) is 27.2 Å². The van der Waals surface area contributed by atoms with Crippen LogP contribution in [0.1, 0.15) is 45.7 Å². The molecule has 0 aliphatic heterocycles. The number of ether oxygens (including phenoxy) is 1. The molecule has 8 nitrogen and oxygen atoms in total. The van der Waals surface area contributed by atoms with Crippen LogP contribution in [0.25, 0.3) is 0 Å². The first-order valence-electron chi connectivity index (χ1n) is 11.3. The number of amides is 3. The van der Waals surface area contributed by atoms with E-state index in [0.29, 0.717) is 13.0 Å². The molecule has 0 aliphatic rings. The van der Waals surface area contributed by atoms with E-state index in [4.69, 9.17) is 4.74 Å². The second-order valence-corrected chi connectivity index (χ2v) is 9.68. The van der Waals surface area contributed by atoms with Crippen molar-refractivity contribution >= 4 is 17.9 Å². The summed E-state index contributed by atoms with van der Waals surface area (Å²) in [6.07, 6.45) is 0.108. The summed E-state index contributed by atoms with van der Waals surface area (Å²) in [6.45, 7) is 8.80. The summed E-state index contributed by atoms with van der Waals surface area (Å²) in [6, 6.07) is 15.1. The zero-order valence-electron chi connectivity index (χ0n) is 20.5. The molecule has 0 unspecified atom stereocenters. The fraction of sp³-hybridized carbons (Fsp3) is 0.423. The van der Waals surface area contributed by atoms with Gasteiger partial charge in [-0.1, -0.05) is 42.5 Å². The SMILES string of the molecule is CC(C)(C)OC(=O)N[C@H](Cc1ccccc1)C(=O)NC(C)(C)C(=O)NCCc1ccc(O)cc1. The van der Waals surface area contributed by atoms with Crippen LogP contribution in [-0.4, -0.2) is 46.7 Å². The second kappa shape index (κ2) is 11.5. The summed E-state index contributed by atoms with van der Waals surface area (Å²) in [7, 11) is 0. The zero-order valence-corrected chi connectivity index (χ0v) is 20.5. The molecule has 184 valence electrons. The quantitative estimate of drug-likeness (QED) is 0.450. The van der Waals surface area contributed by atoms with E-state index < -0.39 is 29.2 Å². The van der Waals surface area contributed by atoms with Gasteiger partial charge in [-0.2, -0.15) is 0 Å². The Morgan fingerprint density at radius 1 is 0.912 bits per heavy atom. The Labute approximate surface area is 201 Å². The Morgan fingerprint density at radius 2 is 1.53 bits per heavy atom. The summed E-state index contributed by atoms with van der Waals surface area (Å²) in [5, 5.41) is 17.6. The van der Waals surface area contributed by atoms with Crippen molar-refractivity contribution in [3.63, 3.8) is 0 Å². The monoisotopic (exact) mass is 469 g/mol. The van der Waals surface area contributed by atoms with E-state index in [-0.39, 0.29) is 18.1 Å². The van der Waals surface area contributed by atoms with Gasteiger partial charge in [-0.3, -0.25) is 9.59 Å². The summed E-state index contributed by atoms with van der Waals surface area (Å²) in [4.78, 5) is 38.2. The Hall–Kier alpha value is -3.55. The van der Waals surface area contributed by atoms with Crippen LogP contribution in [0.5, 0.6) is 5.75 Å². The van der Waals surface area contributed by atoms with E-state index in [1.807, 2.05) is 30.3 Å². The number of hydrogen-bond acceptors (Lipinski definition) is 5. The van der Waals surface area contributed by atoms with Gasteiger partial charge in [0.05, 0.1) is 0 Å². The Morgan fingerprint density at radius 3 is 2.12 bits per heavy atom. The van der Waals surface area contributed by atoms with Crippen molar-refractivity contribution in [3.8, 4) is 5.75 Å². The molecule has 8 heteroatoms. The Bertz CT molecular complexity index is 966. The third-order valence-electron chi connectivity index (χ3n) is 4.93. The molecule has 2 rings (SSSR count). The molecule has 0 aromatic heterocycles. The fourth-order valence-electron chi connectivity index (χ4n) is 3.16. The van der Waals surface area contributed by atoms with E-state index in [2.05, 4.69) is 16.0 Å². The molecule has 34 heavy (non-hydrogen) atoms. The molecule has 0 aliphatic carbocycles. The minimum atomic E-state index is -1.21. The fourth-order valence-corrected chi connectivity index (χ4v) is 3.16. The predicted octanol–water partition coefficient (Wildman–Crippen LogP) is 3.08. The van der Waals surface area contributed by atoms with E-state index >= 15 is 0 Å². The van der Waals surface area contributed by atoms with Gasteiger partial charge in [0.1, 0.15) is 22.9 Å². The first kappa shape index (κ1) is 26.7. The van der Waals surface area contributed by atoms with E-state index in [0.717, 1.165) is 11.1 Å². The van der Waals surface area contributed by atoms with Crippen molar-refractivity contribution in [2.75, 3.05) is 6.54 Å².